The van der Waals surface area contributed by atoms with Gasteiger partial charge in [0.1, 0.15) is 0 Å². The van der Waals surface area contributed by atoms with Crippen molar-refractivity contribution in [2.24, 2.45) is 5.73 Å². The summed E-state index contributed by atoms with van der Waals surface area (Å²) in [4.78, 5) is 0. The molecule has 1 heterocycles. The summed E-state index contributed by atoms with van der Waals surface area (Å²) in [5.74, 6) is 0. The van der Waals surface area contributed by atoms with E-state index >= 15 is 0 Å². The van der Waals surface area contributed by atoms with Gasteiger partial charge in [-0.25, -0.2) is 0 Å². The average molecular weight is 169 g/mol. The number of aliphatic hydroxyl groups is 1. The first kappa shape index (κ1) is 8.08. The molecule has 0 bridgehead atoms. The lowest BCUT2D eigenvalue weighted by Gasteiger charge is -2.22. The predicted octanol–water partition coefficient (Wildman–Crippen LogP) is 0.533. The van der Waals surface area contributed by atoms with Gasteiger partial charge in [-0.05, 0) is 24.8 Å². The fourth-order valence-electron chi connectivity index (χ4n) is 2.08. The van der Waals surface area contributed by atoms with E-state index < -0.39 is 5.60 Å². The first-order valence-corrected chi connectivity index (χ1v) is 4.50. The van der Waals surface area contributed by atoms with E-state index in [2.05, 4.69) is 0 Å². The fraction of sp³-hybridized carbons (Fsp3) is 0.778. The Hall–Kier alpha value is -0.540. The summed E-state index contributed by atoms with van der Waals surface area (Å²) in [7, 11) is 0. The Bertz CT molecular complexity index is 215. The molecule has 68 valence electrons. The molecule has 0 saturated heterocycles. The Balaban J connectivity index is 2.10. The van der Waals surface area contributed by atoms with E-state index in [1.54, 1.807) is 6.26 Å². The topological polar surface area (TPSA) is 55.5 Å². The molecule has 2 unspecified atom stereocenters. The maximum Gasteiger partial charge on any atom is 0.0912 e. The highest BCUT2D eigenvalue weighted by molar-refractivity contribution is 5.20. The lowest BCUT2D eigenvalue weighted by Crippen LogP contribution is -2.29. The summed E-state index contributed by atoms with van der Waals surface area (Å²) < 4.78 is 5.11. The summed E-state index contributed by atoms with van der Waals surface area (Å²) in [6.45, 7) is 0.715. The second-order valence-electron chi connectivity index (χ2n) is 3.80. The van der Waals surface area contributed by atoms with Gasteiger partial charge in [-0.3, -0.25) is 0 Å². The summed E-state index contributed by atoms with van der Waals surface area (Å²) in [5, 5.41) is 10.1. The van der Waals surface area contributed by atoms with Crippen LogP contribution in [0.1, 0.15) is 25.7 Å². The summed E-state index contributed by atoms with van der Waals surface area (Å²) >= 11 is 0. The second kappa shape index (κ2) is 2.75. The summed E-state index contributed by atoms with van der Waals surface area (Å²) in [6.07, 6.45) is 4.99. The average Bonchev–Trinajstić information content (AvgIpc) is 2.59. The lowest BCUT2D eigenvalue weighted by molar-refractivity contribution is 0.0827. The summed E-state index contributed by atoms with van der Waals surface area (Å²) in [5.41, 5.74) is 6.14. The van der Waals surface area contributed by atoms with Crippen LogP contribution in [0, 0.1) is 0 Å². The largest absolute Gasteiger partial charge is 0.501 e. The molecule has 0 radical (unpaired) electrons. The number of hydrogen-bond donors (Lipinski definition) is 2. The van der Waals surface area contributed by atoms with E-state index in [0.29, 0.717) is 13.0 Å². The normalized spacial score (nSPS) is 41.2. The van der Waals surface area contributed by atoms with Crippen molar-refractivity contribution in [1.82, 2.24) is 0 Å². The van der Waals surface area contributed by atoms with Gasteiger partial charge in [-0.1, -0.05) is 0 Å². The molecule has 0 aromatic rings. The molecule has 0 amide bonds. The molecule has 2 aliphatic rings. The zero-order chi connectivity index (χ0) is 8.60. The minimum Gasteiger partial charge on any atom is -0.501 e. The zero-order valence-electron chi connectivity index (χ0n) is 7.12. The van der Waals surface area contributed by atoms with Gasteiger partial charge in [0.05, 0.1) is 18.5 Å². The first-order chi connectivity index (χ1) is 5.71. The molecule has 3 N–H and O–H groups in total. The maximum atomic E-state index is 10.1. The van der Waals surface area contributed by atoms with Gasteiger partial charge in [-0.2, -0.15) is 0 Å². The Morgan fingerprint density at radius 2 is 2.50 bits per heavy atom. The van der Waals surface area contributed by atoms with E-state index in [-0.39, 0.29) is 6.04 Å². The Morgan fingerprint density at radius 3 is 3.00 bits per heavy atom. The van der Waals surface area contributed by atoms with Crippen molar-refractivity contribution < 1.29 is 9.84 Å². The molecule has 2 rings (SSSR count). The predicted molar refractivity (Wildman–Crippen MR) is 45.4 cm³/mol. The smallest absolute Gasteiger partial charge is 0.0912 e. The quantitative estimate of drug-likeness (QED) is 0.602. The lowest BCUT2D eigenvalue weighted by atomic mass is 9.91. The van der Waals surface area contributed by atoms with Gasteiger partial charge in [0.2, 0.25) is 0 Å². The molecule has 0 spiro atoms. The SMILES string of the molecule is NC1CCC(O)(C2=COCC2)C1. The third kappa shape index (κ3) is 1.23. The van der Waals surface area contributed by atoms with Crippen molar-refractivity contribution in [2.45, 2.75) is 37.3 Å². The van der Waals surface area contributed by atoms with Crippen molar-refractivity contribution in [3.8, 4) is 0 Å². The molecule has 3 nitrogen and oxygen atoms in total. The van der Waals surface area contributed by atoms with Crippen molar-refractivity contribution in [1.29, 1.82) is 0 Å². The van der Waals surface area contributed by atoms with Gasteiger partial charge in [0.25, 0.3) is 0 Å². The van der Waals surface area contributed by atoms with E-state index in [1.807, 2.05) is 0 Å². The van der Waals surface area contributed by atoms with Crippen LogP contribution in [0.4, 0.5) is 0 Å². The van der Waals surface area contributed by atoms with Crippen LogP contribution in [0.3, 0.4) is 0 Å². The highest BCUT2D eigenvalue weighted by Crippen LogP contribution is 2.38. The van der Waals surface area contributed by atoms with E-state index in [4.69, 9.17) is 10.5 Å². The molecule has 1 saturated carbocycles. The highest BCUT2D eigenvalue weighted by Gasteiger charge is 2.39. The van der Waals surface area contributed by atoms with Crippen LogP contribution in [0.25, 0.3) is 0 Å². The molecule has 2 atom stereocenters. The van der Waals surface area contributed by atoms with E-state index in [0.717, 1.165) is 24.8 Å². The Labute approximate surface area is 72.2 Å². The molecule has 12 heavy (non-hydrogen) atoms. The van der Waals surface area contributed by atoms with E-state index in [9.17, 15) is 5.11 Å². The molecule has 0 aromatic carbocycles. The minimum absolute atomic E-state index is 0.163. The first-order valence-electron chi connectivity index (χ1n) is 4.50. The molecule has 1 aliphatic carbocycles. The molecule has 1 aliphatic heterocycles. The van der Waals surface area contributed by atoms with Crippen LogP contribution in [-0.4, -0.2) is 23.4 Å². The molecular formula is C9H15NO2. The van der Waals surface area contributed by atoms with Crippen LogP contribution in [0.2, 0.25) is 0 Å². The van der Waals surface area contributed by atoms with Gasteiger partial charge in [-0.15, -0.1) is 0 Å². The number of hydrogen-bond acceptors (Lipinski definition) is 3. The van der Waals surface area contributed by atoms with Crippen LogP contribution < -0.4 is 5.73 Å². The molecule has 0 aromatic heterocycles. The van der Waals surface area contributed by atoms with Crippen molar-refractivity contribution in [3.63, 3.8) is 0 Å². The number of ether oxygens (including phenoxy) is 1. The van der Waals surface area contributed by atoms with Gasteiger partial charge in [0.15, 0.2) is 0 Å². The van der Waals surface area contributed by atoms with Crippen molar-refractivity contribution in [2.75, 3.05) is 6.61 Å². The van der Waals surface area contributed by atoms with Crippen molar-refractivity contribution >= 4 is 0 Å². The Morgan fingerprint density at radius 1 is 1.67 bits per heavy atom. The van der Waals surface area contributed by atoms with Gasteiger partial charge in [0, 0.05) is 12.5 Å². The summed E-state index contributed by atoms with van der Waals surface area (Å²) in [6, 6.07) is 0.163. The van der Waals surface area contributed by atoms with Crippen LogP contribution in [-0.2, 0) is 4.74 Å². The van der Waals surface area contributed by atoms with Crippen LogP contribution in [0.15, 0.2) is 11.8 Å². The second-order valence-corrected chi connectivity index (χ2v) is 3.80. The maximum absolute atomic E-state index is 10.1. The third-order valence-electron chi connectivity index (χ3n) is 2.84. The number of nitrogens with two attached hydrogens (primary N) is 1. The highest BCUT2D eigenvalue weighted by atomic mass is 16.5. The monoisotopic (exact) mass is 169 g/mol. The van der Waals surface area contributed by atoms with Gasteiger partial charge < -0.3 is 15.6 Å². The molecule has 3 heteroatoms. The van der Waals surface area contributed by atoms with E-state index in [1.165, 1.54) is 0 Å². The molecule has 1 fully saturated rings. The Kier molecular flexibility index (Phi) is 1.85. The minimum atomic E-state index is -0.643. The third-order valence-corrected chi connectivity index (χ3v) is 2.84. The number of rotatable bonds is 1. The molecular weight excluding hydrogens is 154 g/mol. The standard InChI is InChI=1S/C9H15NO2/c10-8-1-3-9(11,5-8)7-2-4-12-6-7/h6,8,11H,1-5,10H2. The fourth-order valence-corrected chi connectivity index (χ4v) is 2.08. The van der Waals surface area contributed by atoms with Crippen LogP contribution in [0.5, 0.6) is 0 Å². The van der Waals surface area contributed by atoms with Gasteiger partial charge >= 0.3 is 0 Å². The zero-order valence-corrected chi connectivity index (χ0v) is 7.12. The van der Waals surface area contributed by atoms with Crippen LogP contribution >= 0.6 is 0 Å². The van der Waals surface area contributed by atoms with Crippen molar-refractivity contribution in [3.05, 3.63) is 11.8 Å².